The fraction of sp³-hybridized carbons (Fsp3) is 0.0714. The van der Waals surface area contributed by atoms with E-state index in [1.807, 2.05) is 67.6 Å². The number of amides is 2. The number of halogens is 2. The molecule has 2 N–H and O–H groups in total. The summed E-state index contributed by atoms with van der Waals surface area (Å²) in [5.74, 6) is -0.506. The van der Waals surface area contributed by atoms with Crippen LogP contribution < -0.4 is 10.6 Å². The fourth-order valence-corrected chi connectivity index (χ4v) is 4.23. The SMILES string of the molecule is CC(C(=O)Nc1ccc(NC(=O)c2ccc(Cl)cc2Cl)cc1)(c1ccccc1)c1ccccc1. The van der Waals surface area contributed by atoms with E-state index in [-0.39, 0.29) is 16.8 Å². The molecule has 0 aromatic heterocycles. The highest BCUT2D eigenvalue weighted by atomic mass is 35.5. The van der Waals surface area contributed by atoms with Crippen molar-refractivity contribution in [2.75, 3.05) is 10.6 Å². The van der Waals surface area contributed by atoms with Crippen molar-refractivity contribution in [1.29, 1.82) is 0 Å². The van der Waals surface area contributed by atoms with E-state index in [4.69, 9.17) is 23.2 Å². The van der Waals surface area contributed by atoms with Gasteiger partial charge >= 0.3 is 0 Å². The Kier molecular flexibility index (Phi) is 7.01. The van der Waals surface area contributed by atoms with E-state index in [0.717, 1.165) is 11.1 Å². The zero-order valence-electron chi connectivity index (χ0n) is 18.4. The molecule has 0 bridgehead atoms. The minimum Gasteiger partial charge on any atom is -0.325 e. The lowest BCUT2D eigenvalue weighted by Crippen LogP contribution is -2.38. The monoisotopic (exact) mass is 488 g/mol. The number of hydrogen-bond acceptors (Lipinski definition) is 2. The fourth-order valence-electron chi connectivity index (χ4n) is 3.74. The Morgan fingerprint density at radius 2 is 1.18 bits per heavy atom. The smallest absolute Gasteiger partial charge is 0.257 e. The maximum atomic E-state index is 13.5. The summed E-state index contributed by atoms with van der Waals surface area (Å²) in [4.78, 5) is 26.1. The van der Waals surface area contributed by atoms with Crippen molar-refractivity contribution in [3.05, 3.63) is 130 Å². The standard InChI is InChI=1S/C28H22Cl2N2O2/c1-28(19-8-4-2-5-9-19,20-10-6-3-7-11-20)27(34)32-23-15-13-22(14-16-23)31-26(33)24-17-12-21(29)18-25(24)30/h2-18H,1H3,(H,31,33)(H,32,34). The van der Waals surface area contributed by atoms with E-state index in [9.17, 15) is 9.59 Å². The number of carbonyl (C=O) groups excluding carboxylic acids is 2. The van der Waals surface area contributed by atoms with Crippen LogP contribution >= 0.6 is 23.2 Å². The first-order valence-electron chi connectivity index (χ1n) is 10.7. The average Bonchev–Trinajstić information content (AvgIpc) is 2.85. The third kappa shape index (κ3) is 4.98. The summed E-state index contributed by atoms with van der Waals surface area (Å²) in [5, 5.41) is 6.55. The Bertz CT molecular complexity index is 1270. The molecule has 0 saturated carbocycles. The first-order chi connectivity index (χ1) is 16.4. The van der Waals surface area contributed by atoms with Gasteiger partial charge in [-0.05, 0) is 60.5 Å². The molecule has 34 heavy (non-hydrogen) atoms. The average molecular weight is 489 g/mol. The summed E-state index contributed by atoms with van der Waals surface area (Å²) in [7, 11) is 0. The lowest BCUT2D eigenvalue weighted by atomic mass is 9.75. The van der Waals surface area contributed by atoms with Gasteiger partial charge in [0.2, 0.25) is 5.91 Å². The summed E-state index contributed by atoms with van der Waals surface area (Å²) in [6.45, 7) is 1.91. The molecule has 6 heteroatoms. The van der Waals surface area contributed by atoms with Crippen LogP contribution in [0.1, 0.15) is 28.4 Å². The quantitative estimate of drug-likeness (QED) is 0.301. The highest BCUT2D eigenvalue weighted by Crippen LogP contribution is 2.33. The van der Waals surface area contributed by atoms with Crippen molar-refractivity contribution in [3.8, 4) is 0 Å². The maximum Gasteiger partial charge on any atom is 0.257 e. The number of hydrogen-bond donors (Lipinski definition) is 2. The molecule has 4 rings (SSSR count). The molecular formula is C28H22Cl2N2O2. The van der Waals surface area contributed by atoms with Gasteiger partial charge in [-0.3, -0.25) is 9.59 Å². The predicted octanol–water partition coefficient (Wildman–Crippen LogP) is 7.19. The summed E-state index contributed by atoms with van der Waals surface area (Å²) < 4.78 is 0. The molecule has 170 valence electrons. The van der Waals surface area contributed by atoms with Crippen molar-refractivity contribution in [2.24, 2.45) is 0 Å². The van der Waals surface area contributed by atoms with E-state index >= 15 is 0 Å². The maximum absolute atomic E-state index is 13.5. The molecule has 0 radical (unpaired) electrons. The molecule has 0 aliphatic rings. The van der Waals surface area contributed by atoms with Crippen LogP contribution in [0.4, 0.5) is 11.4 Å². The van der Waals surface area contributed by atoms with Gasteiger partial charge in [-0.15, -0.1) is 0 Å². The van der Waals surface area contributed by atoms with Crippen molar-refractivity contribution >= 4 is 46.4 Å². The van der Waals surface area contributed by atoms with Crippen LogP contribution in [0.3, 0.4) is 0 Å². The molecule has 0 unspecified atom stereocenters. The predicted molar refractivity (Wildman–Crippen MR) is 139 cm³/mol. The van der Waals surface area contributed by atoms with Crippen molar-refractivity contribution < 1.29 is 9.59 Å². The second-order valence-electron chi connectivity index (χ2n) is 7.97. The molecule has 0 aliphatic carbocycles. The Hall–Kier alpha value is -3.60. The topological polar surface area (TPSA) is 58.2 Å². The molecule has 0 aliphatic heterocycles. The number of nitrogens with one attached hydrogen (secondary N) is 2. The van der Waals surface area contributed by atoms with Gasteiger partial charge < -0.3 is 10.6 Å². The lowest BCUT2D eigenvalue weighted by Gasteiger charge is -2.29. The van der Waals surface area contributed by atoms with Crippen molar-refractivity contribution in [3.63, 3.8) is 0 Å². The minimum absolute atomic E-state index is 0.158. The zero-order chi connectivity index (χ0) is 24.1. The van der Waals surface area contributed by atoms with Gasteiger partial charge in [-0.25, -0.2) is 0 Å². The molecule has 0 heterocycles. The number of rotatable bonds is 6. The van der Waals surface area contributed by atoms with Gasteiger partial charge in [-0.1, -0.05) is 83.9 Å². The second-order valence-corrected chi connectivity index (χ2v) is 8.81. The number of benzene rings is 4. The molecule has 0 saturated heterocycles. The Morgan fingerprint density at radius 3 is 1.68 bits per heavy atom. The summed E-state index contributed by atoms with van der Waals surface area (Å²) >= 11 is 12.0. The molecule has 0 spiro atoms. The molecule has 0 atom stereocenters. The summed E-state index contributed by atoms with van der Waals surface area (Å²) in [6, 6.07) is 31.0. The molecule has 4 aromatic rings. The van der Waals surface area contributed by atoms with Crippen molar-refractivity contribution in [1.82, 2.24) is 0 Å². The van der Waals surface area contributed by atoms with Crippen LogP contribution in [0, 0.1) is 0 Å². The molecule has 0 fully saturated rings. The molecular weight excluding hydrogens is 467 g/mol. The lowest BCUT2D eigenvalue weighted by molar-refractivity contribution is -0.119. The van der Waals surface area contributed by atoms with Crippen LogP contribution in [0.5, 0.6) is 0 Å². The van der Waals surface area contributed by atoms with Crippen LogP contribution in [0.15, 0.2) is 103 Å². The zero-order valence-corrected chi connectivity index (χ0v) is 19.9. The Labute approximate surface area is 208 Å². The Morgan fingerprint density at radius 1 is 0.676 bits per heavy atom. The van der Waals surface area contributed by atoms with E-state index in [1.54, 1.807) is 36.4 Å². The van der Waals surface area contributed by atoms with Crippen LogP contribution in [-0.4, -0.2) is 11.8 Å². The van der Waals surface area contributed by atoms with E-state index in [0.29, 0.717) is 22.0 Å². The van der Waals surface area contributed by atoms with E-state index in [1.165, 1.54) is 6.07 Å². The summed E-state index contributed by atoms with van der Waals surface area (Å²) in [6.07, 6.45) is 0. The third-order valence-corrected chi connectivity index (χ3v) is 6.28. The second kappa shape index (κ2) is 10.1. The highest BCUT2D eigenvalue weighted by molar-refractivity contribution is 6.37. The van der Waals surface area contributed by atoms with Gasteiger partial charge in [0.15, 0.2) is 0 Å². The molecule has 4 aromatic carbocycles. The normalized spacial score (nSPS) is 11.0. The largest absolute Gasteiger partial charge is 0.325 e. The first kappa shape index (κ1) is 23.6. The van der Waals surface area contributed by atoms with E-state index < -0.39 is 5.41 Å². The number of carbonyl (C=O) groups is 2. The highest BCUT2D eigenvalue weighted by Gasteiger charge is 2.37. The van der Waals surface area contributed by atoms with Crippen LogP contribution in [0.25, 0.3) is 0 Å². The van der Waals surface area contributed by atoms with Crippen LogP contribution in [-0.2, 0) is 10.2 Å². The van der Waals surface area contributed by atoms with Crippen molar-refractivity contribution in [2.45, 2.75) is 12.3 Å². The van der Waals surface area contributed by atoms with Gasteiger partial charge in [0.05, 0.1) is 16.0 Å². The van der Waals surface area contributed by atoms with Gasteiger partial charge in [0.25, 0.3) is 5.91 Å². The Balaban J connectivity index is 1.53. The molecule has 2 amide bonds. The van der Waals surface area contributed by atoms with Gasteiger partial charge in [0, 0.05) is 16.4 Å². The molecule has 4 nitrogen and oxygen atoms in total. The van der Waals surface area contributed by atoms with E-state index in [2.05, 4.69) is 10.6 Å². The van der Waals surface area contributed by atoms with Gasteiger partial charge in [0.1, 0.15) is 0 Å². The summed E-state index contributed by atoms with van der Waals surface area (Å²) in [5.41, 5.74) is 2.41. The third-order valence-electron chi connectivity index (χ3n) is 5.73. The van der Waals surface area contributed by atoms with Crippen LogP contribution in [0.2, 0.25) is 10.0 Å². The first-order valence-corrected chi connectivity index (χ1v) is 11.4. The van der Waals surface area contributed by atoms with Gasteiger partial charge in [-0.2, -0.15) is 0 Å². The number of anilines is 2. The minimum atomic E-state index is -0.888.